The van der Waals surface area contributed by atoms with Gasteiger partial charge < -0.3 is 0 Å². The SMILES string of the molecule is Cc1ccc(-c2nnc(SCC(=O)N/N=C\c3ccccc3)n2-c2ccc(Cl)cc2)cc1. The molecule has 1 heterocycles. The van der Waals surface area contributed by atoms with E-state index in [4.69, 9.17) is 11.6 Å². The van der Waals surface area contributed by atoms with Gasteiger partial charge in [0.05, 0.1) is 12.0 Å². The Balaban J connectivity index is 1.53. The molecule has 0 atom stereocenters. The highest BCUT2D eigenvalue weighted by Gasteiger charge is 2.17. The first kappa shape index (κ1) is 21.8. The first-order chi connectivity index (χ1) is 15.6. The van der Waals surface area contributed by atoms with Crippen molar-refractivity contribution >= 4 is 35.5 Å². The summed E-state index contributed by atoms with van der Waals surface area (Å²) in [6.07, 6.45) is 1.61. The van der Waals surface area contributed by atoms with Crippen LogP contribution in [0.3, 0.4) is 0 Å². The Morgan fingerprint density at radius 2 is 1.75 bits per heavy atom. The van der Waals surface area contributed by atoms with Crippen molar-refractivity contribution in [2.45, 2.75) is 12.1 Å². The maximum atomic E-state index is 12.3. The Kier molecular flexibility index (Phi) is 6.99. The first-order valence-corrected chi connectivity index (χ1v) is 11.2. The molecule has 0 bridgehead atoms. The molecule has 0 spiro atoms. The average Bonchev–Trinajstić information content (AvgIpc) is 3.23. The van der Waals surface area contributed by atoms with Gasteiger partial charge in [-0.3, -0.25) is 9.36 Å². The van der Waals surface area contributed by atoms with Gasteiger partial charge in [-0.1, -0.05) is 83.5 Å². The smallest absolute Gasteiger partial charge is 0.250 e. The van der Waals surface area contributed by atoms with Gasteiger partial charge in [0.15, 0.2) is 11.0 Å². The lowest BCUT2D eigenvalue weighted by atomic mass is 10.1. The summed E-state index contributed by atoms with van der Waals surface area (Å²) in [5, 5.41) is 14.0. The van der Waals surface area contributed by atoms with Crippen molar-refractivity contribution in [3.05, 3.63) is 95.0 Å². The molecule has 32 heavy (non-hydrogen) atoms. The molecule has 3 aromatic carbocycles. The Hall–Kier alpha value is -3.42. The second-order valence-corrected chi connectivity index (χ2v) is 8.36. The predicted molar refractivity (Wildman–Crippen MR) is 129 cm³/mol. The number of nitrogens with one attached hydrogen (secondary N) is 1. The summed E-state index contributed by atoms with van der Waals surface area (Å²) in [5.41, 5.74) is 6.41. The average molecular weight is 462 g/mol. The van der Waals surface area contributed by atoms with Crippen LogP contribution in [-0.2, 0) is 4.79 Å². The number of amides is 1. The van der Waals surface area contributed by atoms with Crippen molar-refractivity contribution in [1.29, 1.82) is 0 Å². The lowest BCUT2D eigenvalue weighted by Crippen LogP contribution is -2.20. The number of hydrogen-bond donors (Lipinski definition) is 1. The third-order valence-electron chi connectivity index (χ3n) is 4.56. The van der Waals surface area contributed by atoms with Crippen molar-refractivity contribution in [1.82, 2.24) is 20.2 Å². The van der Waals surface area contributed by atoms with Crippen LogP contribution >= 0.6 is 23.4 Å². The Bertz CT molecular complexity index is 1220. The van der Waals surface area contributed by atoms with E-state index in [9.17, 15) is 4.79 Å². The zero-order chi connectivity index (χ0) is 22.3. The summed E-state index contributed by atoms with van der Waals surface area (Å²) in [7, 11) is 0. The standard InChI is InChI=1S/C24H20ClN5OS/c1-17-7-9-19(10-8-17)23-28-29-24(30(23)21-13-11-20(25)12-14-21)32-16-22(31)27-26-15-18-5-3-2-4-6-18/h2-15H,16H2,1H3,(H,27,31)/b26-15-. The minimum atomic E-state index is -0.232. The van der Waals surface area contributed by atoms with E-state index in [1.54, 1.807) is 6.21 Å². The third kappa shape index (κ3) is 5.43. The number of carbonyl (C=O) groups is 1. The minimum absolute atomic E-state index is 0.145. The highest BCUT2D eigenvalue weighted by atomic mass is 35.5. The largest absolute Gasteiger partial charge is 0.272 e. The molecule has 0 radical (unpaired) electrons. The lowest BCUT2D eigenvalue weighted by molar-refractivity contribution is -0.118. The van der Waals surface area contributed by atoms with Crippen LogP contribution in [0.2, 0.25) is 5.02 Å². The summed E-state index contributed by atoms with van der Waals surface area (Å²) in [6.45, 7) is 2.04. The number of aromatic nitrogens is 3. The molecule has 8 heteroatoms. The van der Waals surface area contributed by atoms with Gasteiger partial charge in [0, 0.05) is 16.3 Å². The van der Waals surface area contributed by atoms with E-state index in [1.807, 2.05) is 90.4 Å². The zero-order valence-electron chi connectivity index (χ0n) is 17.3. The van der Waals surface area contributed by atoms with Crippen molar-refractivity contribution < 1.29 is 4.79 Å². The highest BCUT2D eigenvalue weighted by molar-refractivity contribution is 7.99. The van der Waals surface area contributed by atoms with E-state index in [-0.39, 0.29) is 11.7 Å². The number of halogens is 1. The fraction of sp³-hybridized carbons (Fsp3) is 0.0833. The molecule has 4 aromatic rings. The number of carbonyl (C=O) groups excluding carboxylic acids is 1. The molecule has 0 fully saturated rings. The fourth-order valence-electron chi connectivity index (χ4n) is 2.96. The van der Waals surface area contributed by atoms with Gasteiger partial charge in [-0.2, -0.15) is 5.10 Å². The van der Waals surface area contributed by atoms with Gasteiger partial charge in [0.25, 0.3) is 5.91 Å². The minimum Gasteiger partial charge on any atom is -0.272 e. The molecule has 1 aromatic heterocycles. The summed E-state index contributed by atoms with van der Waals surface area (Å²) in [6, 6.07) is 25.1. The number of nitrogens with zero attached hydrogens (tertiary/aromatic N) is 4. The van der Waals surface area contributed by atoms with E-state index >= 15 is 0 Å². The first-order valence-electron chi connectivity index (χ1n) is 9.88. The Morgan fingerprint density at radius 1 is 1.03 bits per heavy atom. The second kappa shape index (κ2) is 10.3. The van der Waals surface area contributed by atoms with E-state index in [0.29, 0.717) is 16.0 Å². The van der Waals surface area contributed by atoms with Crippen molar-refractivity contribution in [3.63, 3.8) is 0 Å². The number of hydrogen-bond acceptors (Lipinski definition) is 5. The summed E-state index contributed by atoms with van der Waals surface area (Å²) in [4.78, 5) is 12.3. The second-order valence-electron chi connectivity index (χ2n) is 6.98. The van der Waals surface area contributed by atoms with Gasteiger partial charge >= 0.3 is 0 Å². The number of thioether (sulfide) groups is 1. The predicted octanol–water partition coefficient (Wildman–Crippen LogP) is 5.14. The molecule has 6 nitrogen and oxygen atoms in total. The number of benzene rings is 3. The van der Waals surface area contributed by atoms with Gasteiger partial charge in [-0.25, -0.2) is 5.43 Å². The van der Waals surface area contributed by atoms with E-state index in [0.717, 1.165) is 22.4 Å². The van der Waals surface area contributed by atoms with Crippen LogP contribution < -0.4 is 5.43 Å². The molecule has 0 unspecified atom stereocenters. The van der Waals surface area contributed by atoms with Crippen molar-refractivity contribution in [3.8, 4) is 17.1 Å². The molecule has 0 saturated heterocycles. The zero-order valence-corrected chi connectivity index (χ0v) is 18.8. The molecule has 4 rings (SSSR count). The van der Waals surface area contributed by atoms with Crippen LogP contribution in [0.4, 0.5) is 0 Å². The Morgan fingerprint density at radius 3 is 2.47 bits per heavy atom. The van der Waals surface area contributed by atoms with Crippen molar-refractivity contribution in [2.75, 3.05) is 5.75 Å². The quantitative estimate of drug-likeness (QED) is 0.235. The van der Waals surface area contributed by atoms with Crippen LogP contribution in [0.15, 0.2) is 89.1 Å². The fourth-order valence-corrected chi connectivity index (χ4v) is 3.83. The molecule has 160 valence electrons. The lowest BCUT2D eigenvalue weighted by Gasteiger charge is -2.10. The number of rotatable bonds is 7. The molecule has 1 amide bonds. The summed E-state index contributed by atoms with van der Waals surface area (Å²) < 4.78 is 1.92. The van der Waals surface area contributed by atoms with Gasteiger partial charge in [-0.05, 0) is 36.8 Å². The maximum Gasteiger partial charge on any atom is 0.250 e. The number of hydrazone groups is 1. The van der Waals surface area contributed by atoms with Crippen molar-refractivity contribution in [2.24, 2.45) is 5.10 Å². The van der Waals surface area contributed by atoms with Crippen LogP contribution in [-0.4, -0.2) is 32.6 Å². The third-order valence-corrected chi connectivity index (χ3v) is 5.74. The van der Waals surface area contributed by atoms with Crippen LogP contribution in [0.5, 0.6) is 0 Å². The Labute approximate surface area is 195 Å². The molecule has 1 N–H and O–H groups in total. The highest BCUT2D eigenvalue weighted by Crippen LogP contribution is 2.28. The summed E-state index contributed by atoms with van der Waals surface area (Å²) >= 11 is 7.36. The normalized spacial score (nSPS) is 11.1. The van der Waals surface area contributed by atoms with E-state index in [2.05, 4.69) is 20.7 Å². The van der Waals surface area contributed by atoms with Crippen LogP contribution in [0.1, 0.15) is 11.1 Å². The van der Waals surface area contributed by atoms with Crippen LogP contribution in [0, 0.1) is 6.92 Å². The molecule has 0 aliphatic carbocycles. The maximum absolute atomic E-state index is 12.3. The number of aryl methyl sites for hydroxylation is 1. The van der Waals surface area contributed by atoms with Gasteiger partial charge in [-0.15, -0.1) is 10.2 Å². The molecular weight excluding hydrogens is 442 g/mol. The molecular formula is C24H20ClN5OS. The van der Waals surface area contributed by atoms with E-state index < -0.39 is 0 Å². The van der Waals surface area contributed by atoms with Crippen LogP contribution in [0.25, 0.3) is 17.1 Å². The molecule has 0 aliphatic heterocycles. The van der Waals surface area contributed by atoms with Gasteiger partial charge in [0.1, 0.15) is 0 Å². The topological polar surface area (TPSA) is 72.2 Å². The van der Waals surface area contributed by atoms with Gasteiger partial charge in [0.2, 0.25) is 0 Å². The van der Waals surface area contributed by atoms with E-state index in [1.165, 1.54) is 11.8 Å². The molecule has 0 aliphatic rings. The monoisotopic (exact) mass is 461 g/mol. The molecule has 0 saturated carbocycles. The summed E-state index contributed by atoms with van der Waals surface area (Å²) in [5.74, 6) is 0.605.